The third-order valence-corrected chi connectivity index (χ3v) is 4.85. The van der Waals surface area contributed by atoms with Crippen LogP contribution >= 0.6 is 0 Å². The van der Waals surface area contributed by atoms with Crippen molar-refractivity contribution >= 4 is 28.3 Å². The summed E-state index contributed by atoms with van der Waals surface area (Å²) in [5, 5.41) is 7.58. The Morgan fingerprint density at radius 2 is 2.00 bits per heavy atom. The molecule has 9 heteroatoms. The van der Waals surface area contributed by atoms with Crippen LogP contribution < -0.4 is 15.5 Å². The molecule has 1 atom stereocenters. The monoisotopic (exact) mass is 401 g/mol. The SMILES string of the molecule is O=C(Nc1cccc2cnccc12)N[C@@H]1CCN(c2ccc(C(F)(F)F)cn2)C1. The number of aromatic nitrogens is 2. The molecule has 3 aromatic rings. The average Bonchev–Trinajstić information content (AvgIpc) is 3.16. The van der Waals surface area contributed by atoms with E-state index in [-0.39, 0.29) is 12.1 Å². The smallest absolute Gasteiger partial charge is 0.354 e. The summed E-state index contributed by atoms with van der Waals surface area (Å²) in [6.07, 6.45) is 0.492. The van der Waals surface area contributed by atoms with E-state index in [0.717, 1.165) is 23.0 Å². The van der Waals surface area contributed by atoms with Crippen molar-refractivity contribution in [3.63, 3.8) is 0 Å². The number of nitrogens with zero attached hydrogens (tertiary/aromatic N) is 3. The Labute approximate surface area is 164 Å². The lowest BCUT2D eigenvalue weighted by Gasteiger charge is -2.19. The number of hydrogen-bond acceptors (Lipinski definition) is 4. The number of alkyl halides is 3. The quantitative estimate of drug-likeness (QED) is 0.695. The van der Waals surface area contributed by atoms with Gasteiger partial charge in [0.1, 0.15) is 5.82 Å². The molecular weight excluding hydrogens is 383 g/mol. The molecule has 0 unspecified atom stereocenters. The second-order valence-electron chi connectivity index (χ2n) is 6.84. The normalized spacial score (nSPS) is 16.8. The molecule has 2 aromatic heterocycles. The average molecular weight is 401 g/mol. The molecule has 2 N–H and O–H groups in total. The number of carbonyl (C=O) groups excluding carboxylic acids is 1. The number of fused-ring (bicyclic) bond motifs is 1. The van der Waals surface area contributed by atoms with E-state index in [1.807, 2.05) is 29.2 Å². The molecular formula is C20H18F3N5O. The Morgan fingerprint density at radius 3 is 2.76 bits per heavy atom. The Kier molecular flexibility index (Phi) is 4.96. The van der Waals surface area contributed by atoms with Gasteiger partial charge >= 0.3 is 12.2 Å². The van der Waals surface area contributed by atoms with Crippen LogP contribution in [0.15, 0.2) is 55.0 Å². The van der Waals surface area contributed by atoms with Gasteiger partial charge in [-0.3, -0.25) is 4.98 Å². The van der Waals surface area contributed by atoms with Gasteiger partial charge in [-0.2, -0.15) is 13.2 Å². The van der Waals surface area contributed by atoms with Gasteiger partial charge in [0.2, 0.25) is 0 Å². The van der Waals surface area contributed by atoms with Gasteiger partial charge in [-0.1, -0.05) is 12.1 Å². The van der Waals surface area contributed by atoms with E-state index < -0.39 is 11.7 Å². The Morgan fingerprint density at radius 1 is 1.14 bits per heavy atom. The number of rotatable bonds is 3. The number of amides is 2. The maximum atomic E-state index is 12.7. The minimum Gasteiger partial charge on any atom is -0.354 e. The van der Waals surface area contributed by atoms with Crippen LogP contribution in [0, 0.1) is 0 Å². The summed E-state index contributed by atoms with van der Waals surface area (Å²) in [5.41, 5.74) is -0.0959. The fourth-order valence-corrected chi connectivity index (χ4v) is 3.40. The first kappa shape index (κ1) is 19.0. The van der Waals surface area contributed by atoms with Crippen molar-refractivity contribution in [3.8, 4) is 0 Å². The minimum atomic E-state index is -4.41. The first-order valence-corrected chi connectivity index (χ1v) is 9.08. The molecule has 0 radical (unpaired) electrons. The molecule has 1 aliphatic rings. The molecule has 0 saturated carbocycles. The summed E-state index contributed by atoms with van der Waals surface area (Å²) in [6.45, 7) is 1.08. The van der Waals surface area contributed by atoms with Crippen LogP contribution in [0.3, 0.4) is 0 Å². The summed E-state index contributed by atoms with van der Waals surface area (Å²) in [6, 6.07) is 9.32. The van der Waals surface area contributed by atoms with Crippen molar-refractivity contribution in [2.45, 2.75) is 18.6 Å². The third kappa shape index (κ3) is 4.23. The van der Waals surface area contributed by atoms with Crippen molar-refractivity contribution < 1.29 is 18.0 Å². The van der Waals surface area contributed by atoms with Gasteiger partial charge in [0.25, 0.3) is 0 Å². The van der Waals surface area contributed by atoms with Gasteiger partial charge in [-0.05, 0) is 30.7 Å². The number of carbonyl (C=O) groups is 1. The van der Waals surface area contributed by atoms with Gasteiger partial charge in [-0.25, -0.2) is 9.78 Å². The Hall–Kier alpha value is -3.36. The summed E-state index contributed by atoms with van der Waals surface area (Å²) in [7, 11) is 0. The number of pyridine rings is 2. The number of benzene rings is 1. The van der Waals surface area contributed by atoms with Crippen LogP contribution in [0.2, 0.25) is 0 Å². The zero-order valence-electron chi connectivity index (χ0n) is 15.3. The lowest BCUT2D eigenvalue weighted by Crippen LogP contribution is -2.39. The molecule has 150 valence electrons. The van der Waals surface area contributed by atoms with E-state index in [2.05, 4.69) is 20.6 Å². The largest absolute Gasteiger partial charge is 0.417 e. The Bertz CT molecular complexity index is 1020. The maximum Gasteiger partial charge on any atom is 0.417 e. The number of halogens is 3. The summed E-state index contributed by atoms with van der Waals surface area (Å²) in [5.74, 6) is 0.462. The Balaban J connectivity index is 1.37. The van der Waals surface area contributed by atoms with Crippen molar-refractivity contribution in [1.29, 1.82) is 0 Å². The number of urea groups is 1. The van der Waals surface area contributed by atoms with Crippen LogP contribution in [0.25, 0.3) is 10.8 Å². The predicted octanol–water partition coefficient (Wildman–Crippen LogP) is 4.05. The highest BCUT2D eigenvalue weighted by Gasteiger charge is 2.31. The lowest BCUT2D eigenvalue weighted by molar-refractivity contribution is -0.137. The second kappa shape index (κ2) is 7.57. The first-order chi connectivity index (χ1) is 13.9. The molecule has 4 rings (SSSR count). The van der Waals surface area contributed by atoms with E-state index >= 15 is 0 Å². The maximum absolute atomic E-state index is 12.7. The summed E-state index contributed by atoms with van der Waals surface area (Å²) < 4.78 is 38.0. The van der Waals surface area contributed by atoms with Crippen LogP contribution in [-0.2, 0) is 6.18 Å². The molecule has 1 aliphatic heterocycles. The standard InChI is InChI=1S/C20H18F3N5O/c21-20(22,23)14-4-5-18(25-11-14)28-9-7-15(12-28)26-19(29)27-17-3-1-2-13-10-24-8-6-16(13)17/h1-6,8,10-11,15H,7,9,12H2,(H2,26,27,29)/t15-/m1/s1. The highest BCUT2D eigenvalue weighted by Crippen LogP contribution is 2.30. The minimum absolute atomic E-state index is 0.129. The first-order valence-electron chi connectivity index (χ1n) is 9.08. The van der Waals surface area contributed by atoms with Gasteiger partial charge in [-0.15, -0.1) is 0 Å². The molecule has 1 saturated heterocycles. The lowest BCUT2D eigenvalue weighted by atomic mass is 10.1. The van der Waals surface area contributed by atoms with Crippen molar-refractivity contribution in [3.05, 3.63) is 60.6 Å². The number of nitrogens with one attached hydrogen (secondary N) is 2. The molecule has 1 fully saturated rings. The molecule has 0 spiro atoms. The fraction of sp³-hybridized carbons (Fsp3) is 0.250. The second-order valence-corrected chi connectivity index (χ2v) is 6.84. The van der Waals surface area contributed by atoms with Crippen molar-refractivity contribution in [1.82, 2.24) is 15.3 Å². The topological polar surface area (TPSA) is 70.2 Å². The molecule has 29 heavy (non-hydrogen) atoms. The van der Waals surface area contributed by atoms with Crippen molar-refractivity contribution in [2.24, 2.45) is 0 Å². The molecule has 6 nitrogen and oxygen atoms in total. The van der Waals surface area contributed by atoms with E-state index in [1.54, 1.807) is 12.4 Å². The molecule has 2 amide bonds. The number of anilines is 2. The molecule has 1 aromatic carbocycles. The van der Waals surface area contributed by atoms with Crippen LogP contribution in [0.4, 0.5) is 29.5 Å². The van der Waals surface area contributed by atoms with E-state index in [0.29, 0.717) is 31.0 Å². The van der Waals surface area contributed by atoms with E-state index in [4.69, 9.17) is 0 Å². The van der Waals surface area contributed by atoms with Gasteiger partial charge in [0, 0.05) is 48.5 Å². The molecule has 0 bridgehead atoms. The zero-order chi connectivity index (χ0) is 20.4. The van der Waals surface area contributed by atoms with Crippen molar-refractivity contribution in [2.75, 3.05) is 23.3 Å². The van der Waals surface area contributed by atoms with E-state index in [1.165, 1.54) is 6.07 Å². The van der Waals surface area contributed by atoms with Gasteiger partial charge in [0.15, 0.2) is 0 Å². The highest BCUT2D eigenvalue weighted by molar-refractivity contribution is 6.01. The van der Waals surface area contributed by atoms with Gasteiger partial charge in [0.05, 0.1) is 11.3 Å². The van der Waals surface area contributed by atoms with Crippen LogP contribution in [0.5, 0.6) is 0 Å². The van der Waals surface area contributed by atoms with Crippen LogP contribution in [0.1, 0.15) is 12.0 Å². The van der Waals surface area contributed by atoms with E-state index in [9.17, 15) is 18.0 Å². The zero-order valence-corrected chi connectivity index (χ0v) is 15.3. The summed E-state index contributed by atoms with van der Waals surface area (Å²) in [4.78, 5) is 22.3. The fourth-order valence-electron chi connectivity index (χ4n) is 3.40. The van der Waals surface area contributed by atoms with Gasteiger partial charge < -0.3 is 15.5 Å². The highest BCUT2D eigenvalue weighted by atomic mass is 19.4. The number of hydrogen-bond donors (Lipinski definition) is 2. The predicted molar refractivity (Wildman–Crippen MR) is 104 cm³/mol. The molecule has 0 aliphatic carbocycles. The summed E-state index contributed by atoms with van der Waals surface area (Å²) >= 11 is 0. The molecule has 3 heterocycles. The van der Waals surface area contributed by atoms with Crippen LogP contribution in [-0.4, -0.2) is 35.1 Å². The third-order valence-electron chi connectivity index (χ3n) is 4.85.